The highest BCUT2D eigenvalue weighted by Gasteiger charge is 2.22. The summed E-state index contributed by atoms with van der Waals surface area (Å²) in [6, 6.07) is 11.2. The maximum Gasteiger partial charge on any atom is 0.271 e. The summed E-state index contributed by atoms with van der Waals surface area (Å²) in [6.45, 7) is 7.89. The van der Waals surface area contributed by atoms with Crippen LogP contribution in [0.4, 0.5) is 5.69 Å². The van der Waals surface area contributed by atoms with Gasteiger partial charge in [0.05, 0.1) is 9.82 Å². The van der Waals surface area contributed by atoms with Crippen molar-refractivity contribution in [3.63, 3.8) is 0 Å². The summed E-state index contributed by atoms with van der Waals surface area (Å²) in [7, 11) is -3.69. The molecule has 3 rings (SSSR count). The molecule has 0 aliphatic carbocycles. The number of hydrogen-bond acceptors (Lipinski definition) is 6. The lowest BCUT2D eigenvalue weighted by Crippen LogP contribution is -2.38. The van der Waals surface area contributed by atoms with Gasteiger partial charge in [-0.15, -0.1) is 0 Å². The van der Waals surface area contributed by atoms with Gasteiger partial charge in [0.15, 0.2) is 9.84 Å². The van der Waals surface area contributed by atoms with Gasteiger partial charge in [-0.2, -0.15) is 0 Å². The summed E-state index contributed by atoms with van der Waals surface area (Å²) in [4.78, 5) is 25.1. The number of benzene rings is 2. The van der Waals surface area contributed by atoms with Crippen molar-refractivity contribution in [1.29, 1.82) is 0 Å². The smallest absolute Gasteiger partial charge is 0.271 e. The normalized spacial score (nSPS) is 19.5. The number of piperidine rings is 1. The second-order valence-electron chi connectivity index (χ2n) is 8.88. The molecule has 172 valence electrons. The van der Waals surface area contributed by atoms with Gasteiger partial charge in [0.25, 0.3) is 11.6 Å². The van der Waals surface area contributed by atoms with Gasteiger partial charge in [0.2, 0.25) is 0 Å². The average Bonchev–Trinajstić information content (AvgIpc) is 2.71. The average molecular weight is 460 g/mol. The first-order valence-corrected chi connectivity index (χ1v) is 12.5. The van der Waals surface area contributed by atoms with Crippen LogP contribution in [0.3, 0.4) is 0 Å². The lowest BCUT2D eigenvalue weighted by molar-refractivity contribution is -0.385. The molecule has 2 atom stereocenters. The van der Waals surface area contributed by atoms with E-state index in [-0.39, 0.29) is 17.0 Å². The Kier molecular flexibility index (Phi) is 7.30. The molecule has 0 spiro atoms. The fourth-order valence-electron chi connectivity index (χ4n) is 4.26. The van der Waals surface area contributed by atoms with Crippen LogP contribution in [0.15, 0.2) is 47.4 Å². The van der Waals surface area contributed by atoms with E-state index >= 15 is 0 Å². The number of nitro groups is 1. The van der Waals surface area contributed by atoms with Crippen molar-refractivity contribution in [3.05, 3.63) is 69.3 Å². The van der Waals surface area contributed by atoms with Crippen molar-refractivity contribution in [3.8, 4) is 0 Å². The van der Waals surface area contributed by atoms with Gasteiger partial charge < -0.3 is 5.32 Å². The highest BCUT2D eigenvalue weighted by molar-refractivity contribution is 7.90. The van der Waals surface area contributed by atoms with E-state index in [9.17, 15) is 23.3 Å². The zero-order valence-electron chi connectivity index (χ0n) is 18.6. The van der Waals surface area contributed by atoms with Crippen LogP contribution in [0.2, 0.25) is 0 Å². The number of carbonyl (C=O) groups excluding carboxylic acids is 1. The third-order valence-corrected chi connectivity index (χ3v) is 6.71. The van der Waals surface area contributed by atoms with E-state index in [1.54, 1.807) is 0 Å². The minimum absolute atomic E-state index is 0.0652. The predicted octanol–water partition coefficient (Wildman–Crippen LogP) is 3.41. The standard InChI is InChI=1S/C23H29N3O5S/c1-16-8-17(2)14-25(13-16)15-19-6-4-18(5-7-19)12-24-23(27)20-9-21(26(28)29)11-22(10-20)32(3,30)31/h4-7,9-11,16-17H,8,12-15H2,1-3H3,(H,24,27). The predicted molar refractivity (Wildman–Crippen MR) is 122 cm³/mol. The lowest BCUT2D eigenvalue weighted by atomic mass is 9.91. The summed E-state index contributed by atoms with van der Waals surface area (Å²) in [5.74, 6) is 0.828. The number of amides is 1. The quantitative estimate of drug-likeness (QED) is 0.502. The molecular formula is C23H29N3O5S. The first-order valence-electron chi connectivity index (χ1n) is 10.6. The molecule has 2 aromatic carbocycles. The van der Waals surface area contributed by atoms with E-state index in [0.717, 1.165) is 49.7 Å². The van der Waals surface area contributed by atoms with Gasteiger partial charge in [-0.1, -0.05) is 38.1 Å². The Morgan fingerprint density at radius 3 is 2.25 bits per heavy atom. The van der Waals surface area contributed by atoms with E-state index in [2.05, 4.69) is 24.1 Å². The van der Waals surface area contributed by atoms with E-state index in [0.29, 0.717) is 11.8 Å². The molecule has 1 fully saturated rings. The molecule has 9 heteroatoms. The first-order chi connectivity index (χ1) is 15.0. The molecule has 2 aromatic rings. The Balaban J connectivity index is 1.64. The number of nitro benzene ring substituents is 1. The first kappa shape index (κ1) is 23.9. The van der Waals surface area contributed by atoms with Crippen LogP contribution in [0.5, 0.6) is 0 Å². The summed E-state index contributed by atoms with van der Waals surface area (Å²) in [5, 5.41) is 13.8. The summed E-state index contributed by atoms with van der Waals surface area (Å²) in [6.07, 6.45) is 2.21. The van der Waals surface area contributed by atoms with Gasteiger partial charge in [-0.3, -0.25) is 19.8 Å². The zero-order chi connectivity index (χ0) is 23.5. The molecule has 1 saturated heterocycles. The zero-order valence-corrected chi connectivity index (χ0v) is 19.4. The Morgan fingerprint density at radius 1 is 1.09 bits per heavy atom. The number of carbonyl (C=O) groups is 1. The fraction of sp³-hybridized carbons (Fsp3) is 0.435. The molecule has 1 N–H and O–H groups in total. The van der Waals surface area contributed by atoms with Gasteiger partial charge >= 0.3 is 0 Å². The molecule has 8 nitrogen and oxygen atoms in total. The number of nitrogens with zero attached hydrogens (tertiary/aromatic N) is 2. The minimum atomic E-state index is -3.69. The Labute approximate surface area is 188 Å². The highest BCUT2D eigenvalue weighted by Crippen LogP contribution is 2.23. The van der Waals surface area contributed by atoms with Crippen molar-refractivity contribution in [2.24, 2.45) is 11.8 Å². The van der Waals surface area contributed by atoms with Crippen molar-refractivity contribution >= 4 is 21.4 Å². The molecule has 1 amide bonds. The second kappa shape index (κ2) is 9.79. The van der Waals surface area contributed by atoms with E-state index in [4.69, 9.17) is 0 Å². The van der Waals surface area contributed by atoms with E-state index in [1.165, 1.54) is 12.0 Å². The number of nitrogens with one attached hydrogen (secondary N) is 1. The van der Waals surface area contributed by atoms with E-state index < -0.39 is 26.4 Å². The molecule has 0 bridgehead atoms. The minimum Gasteiger partial charge on any atom is -0.348 e. The highest BCUT2D eigenvalue weighted by atomic mass is 32.2. The Hall–Kier alpha value is -2.78. The van der Waals surface area contributed by atoms with E-state index in [1.807, 2.05) is 24.3 Å². The van der Waals surface area contributed by atoms with Crippen LogP contribution in [0.25, 0.3) is 0 Å². The fourth-order valence-corrected chi connectivity index (χ4v) is 4.94. The summed E-state index contributed by atoms with van der Waals surface area (Å²) in [5.41, 5.74) is 1.59. The van der Waals surface area contributed by atoms with Gasteiger partial charge in [0, 0.05) is 50.1 Å². The molecule has 1 heterocycles. The van der Waals surface area contributed by atoms with Crippen LogP contribution >= 0.6 is 0 Å². The number of non-ortho nitro benzene ring substituents is 1. The number of rotatable bonds is 7. The topological polar surface area (TPSA) is 110 Å². The molecule has 1 aliphatic heterocycles. The van der Waals surface area contributed by atoms with Crippen molar-refractivity contribution in [1.82, 2.24) is 10.2 Å². The van der Waals surface area contributed by atoms with Gasteiger partial charge in [-0.05, 0) is 35.4 Å². The number of hydrogen-bond donors (Lipinski definition) is 1. The van der Waals surface area contributed by atoms with Gasteiger partial charge in [0.1, 0.15) is 0 Å². The van der Waals surface area contributed by atoms with Gasteiger partial charge in [-0.25, -0.2) is 8.42 Å². The molecule has 0 radical (unpaired) electrons. The molecular weight excluding hydrogens is 430 g/mol. The van der Waals surface area contributed by atoms with Crippen LogP contribution in [0.1, 0.15) is 41.8 Å². The third kappa shape index (κ3) is 6.37. The van der Waals surface area contributed by atoms with Crippen molar-refractivity contribution in [2.45, 2.75) is 38.3 Å². The van der Waals surface area contributed by atoms with Crippen molar-refractivity contribution in [2.75, 3.05) is 19.3 Å². The Morgan fingerprint density at radius 2 is 1.69 bits per heavy atom. The van der Waals surface area contributed by atoms with Crippen LogP contribution in [0, 0.1) is 22.0 Å². The SMILES string of the molecule is CC1CC(C)CN(Cc2ccc(CNC(=O)c3cc([N+](=O)[O-])cc(S(C)(=O)=O)c3)cc2)C1. The summed E-state index contributed by atoms with van der Waals surface area (Å²) < 4.78 is 23.6. The second-order valence-corrected chi connectivity index (χ2v) is 10.9. The largest absolute Gasteiger partial charge is 0.348 e. The number of likely N-dealkylation sites (tertiary alicyclic amines) is 1. The van der Waals surface area contributed by atoms with Crippen LogP contribution in [-0.2, 0) is 22.9 Å². The monoisotopic (exact) mass is 459 g/mol. The van der Waals surface area contributed by atoms with Crippen molar-refractivity contribution < 1.29 is 18.1 Å². The molecule has 0 saturated carbocycles. The Bertz CT molecular complexity index is 1090. The molecule has 0 aromatic heterocycles. The third-order valence-electron chi connectivity index (χ3n) is 5.62. The van der Waals surface area contributed by atoms with Crippen LogP contribution in [-0.4, -0.2) is 43.5 Å². The molecule has 1 aliphatic rings. The summed E-state index contributed by atoms with van der Waals surface area (Å²) >= 11 is 0. The lowest BCUT2D eigenvalue weighted by Gasteiger charge is -2.35. The molecule has 32 heavy (non-hydrogen) atoms. The maximum absolute atomic E-state index is 12.5. The maximum atomic E-state index is 12.5. The number of sulfone groups is 1. The molecule has 2 unspecified atom stereocenters. The van der Waals surface area contributed by atoms with Crippen LogP contribution < -0.4 is 5.32 Å².